The molecule has 2 saturated heterocycles. The minimum Gasteiger partial charge on any atom is -0.355 e. The Morgan fingerprint density at radius 3 is 2.53 bits per heavy atom. The molecule has 84 valence electrons. The summed E-state index contributed by atoms with van der Waals surface area (Å²) in [5, 5.41) is 2.79. The fourth-order valence-corrected chi connectivity index (χ4v) is 2.37. The monoisotopic (exact) mass is 211 g/mol. The van der Waals surface area contributed by atoms with Crippen molar-refractivity contribution in [2.24, 2.45) is 0 Å². The van der Waals surface area contributed by atoms with Crippen molar-refractivity contribution < 1.29 is 9.59 Å². The Kier molecular flexibility index (Phi) is 2.65. The number of rotatable bonds is 2. The van der Waals surface area contributed by atoms with Gasteiger partial charge in [-0.15, -0.1) is 0 Å². The van der Waals surface area contributed by atoms with Crippen LogP contribution in [0.2, 0.25) is 0 Å². The van der Waals surface area contributed by atoms with Crippen LogP contribution in [0.15, 0.2) is 0 Å². The molecule has 2 rings (SSSR count). The van der Waals surface area contributed by atoms with Crippen LogP contribution < -0.4 is 5.32 Å². The van der Waals surface area contributed by atoms with E-state index in [-0.39, 0.29) is 23.9 Å². The fourth-order valence-electron chi connectivity index (χ4n) is 2.37. The molecule has 0 spiro atoms. The second kappa shape index (κ2) is 3.81. The number of carbonyl (C=O) groups excluding carboxylic acids is 2. The van der Waals surface area contributed by atoms with Gasteiger partial charge in [0, 0.05) is 20.1 Å². The highest BCUT2D eigenvalue weighted by atomic mass is 16.2. The van der Waals surface area contributed by atoms with Gasteiger partial charge < -0.3 is 10.2 Å². The molecule has 2 fully saturated rings. The molecular formula is C10H17N3O2. The molecule has 2 heterocycles. The van der Waals surface area contributed by atoms with Crippen molar-refractivity contribution in [1.82, 2.24) is 15.1 Å². The molecule has 5 nitrogen and oxygen atoms in total. The smallest absolute Gasteiger partial charge is 0.239 e. The molecule has 5 heteroatoms. The quantitative estimate of drug-likeness (QED) is 0.640. The second-order valence-electron chi connectivity index (χ2n) is 4.33. The molecule has 2 unspecified atom stereocenters. The zero-order valence-corrected chi connectivity index (χ0v) is 9.19. The zero-order chi connectivity index (χ0) is 11.0. The summed E-state index contributed by atoms with van der Waals surface area (Å²) in [5.74, 6) is 0.192. The minimum absolute atomic E-state index is 0.0554. The van der Waals surface area contributed by atoms with E-state index in [1.165, 1.54) is 0 Å². The van der Waals surface area contributed by atoms with Gasteiger partial charge in [-0.1, -0.05) is 0 Å². The van der Waals surface area contributed by atoms with Gasteiger partial charge in [0.15, 0.2) is 0 Å². The molecule has 15 heavy (non-hydrogen) atoms. The maximum absolute atomic E-state index is 11.8. The van der Waals surface area contributed by atoms with Crippen LogP contribution in [0.1, 0.15) is 12.8 Å². The molecule has 0 saturated carbocycles. The number of amides is 2. The average Bonchev–Trinajstić information content (AvgIpc) is 2.75. The van der Waals surface area contributed by atoms with Crippen LogP contribution in [0.5, 0.6) is 0 Å². The summed E-state index contributed by atoms with van der Waals surface area (Å²) < 4.78 is 0. The van der Waals surface area contributed by atoms with Crippen LogP contribution in [-0.4, -0.2) is 60.9 Å². The number of hydrogen-bond donors (Lipinski definition) is 1. The van der Waals surface area contributed by atoms with Gasteiger partial charge in [-0.05, 0) is 19.9 Å². The van der Waals surface area contributed by atoms with Crippen LogP contribution in [0, 0.1) is 0 Å². The molecule has 0 aromatic rings. The predicted octanol–water partition coefficient (Wildman–Crippen LogP) is -0.963. The lowest BCUT2D eigenvalue weighted by atomic mass is 10.1. The second-order valence-corrected chi connectivity index (χ2v) is 4.33. The third-order valence-electron chi connectivity index (χ3n) is 3.40. The molecule has 0 aromatic heterocycles. The lowest BCUT2D eigenvalue weighted by molar-refractivity contribution is -0.132. The maximum Gasteiger partial charge on any atom is 0.239 e. The lowest BCUT2D eigenvalue weighted by Gasteiger charge is -2.26. The van der Waals surface area contributed by atoms with Gasteiger partial charge >= 0.3 is 0 Å². The van der Waals surface area contributed by atoms with Gasteiger partial charge in [0.1, 0.15) is 0 Å². The van der Waals surface area contributed by atoms with Gasteiger partial charge in [-0.25, -0.2) is 0 Å². The largest absolute Gasteiger partial charge is 0.355 e. The number of likely N-dealkylation sites (tertiary alicyclic amines) is 1. The fraction of sp³-hybridized carbons (Fsp3) is 0.800. The van der Waals surface area contributed by atoms with Gasteiger partial charge in [0.05, 0.1) is 12.1 Å². The van der Waals surface area contributed by atoms with E-state index < -0.39 is 0 Å². The Labute approximate surface area is 89.4 Å². The molecule has 0 radical (unpaired) electrons. The summed E-state index contributed by atoms with van der Waals surface area (Å²) in [4.78, 5) is 26.9. The zero-order valence-electron chi connectivity index (χ0n) is 9.19. The van der Waals surface area contributed by atoms with Crippen LogP contribution in [0.3, 0.4) is 0 Å². The van der Waals surface area contributed by atoms with E-state index >= 15 is 0 Å². The van der Waals surface area contributed by atoms with Gasteiger partial charge in [0.2, 0.25) is 11.8 Å². The van der Waals surface area contributed by atoms with E-state index in [1.54, 1.807) is 4.90 Å². The van der Waals surface area contributed by atoms with Crippen molar-refractivity contribution in [2.45, 2.75) is 24.9 Å². The summed E-state index contributed by atoms with van der Waals surface area (Å²) in [5.41, 5.74) is 0. The van der Waals surface area contributed by atoms with Crippen molar-refractivity contribution in [3.05, 3.63) is 0 Å². The summed E-state index contributed by atoms with van der Waals surface area (Å²) >= 11 is 0. The molecule has 0 bridgehead atoms. The van der Waals surface area contributed by atoms with Crippen LogP contribution >= 0.6 is 0 Å². The standard InChI is InChI=1S/C10H17N3O2/c1-12-6-4-8(10(12)15)13(2)7-3-5-11-9(7)14/h7-8H,3-6H2,1-2H3,(H,11,14). The van der Waals surface area contributed by atoms with E-state index in [9.17, 15) is 9.59 Å². The Balaban J connectivity index is 2.04. The SMILES string of the molecule is CN1CCC(N(C)C2CCNC2=O)C1=O. The molecule has 2 aliphatic heterocycles. The molecule has 0 aromatic carbocycles. The van der Waals surface area contributed by atoms with E-state index in [2.05, 4.69) is 5.32 Å². The Morgan fingerprint density at radius 1 is 1.33 bits per heavy atom. The molecular weight excluding hydrogens is 194 g/mol. The highest BCUT2D eigenvalue weighted by molar-refractivity contribution is 5.87. The number of hydrogen-bond acceptors (Lipinski definition) is 3. The number of nitrogens with zero attached hydrogens (tertiary/aromatic N) is 2. The highest BCUT2D eigenvalue weighted by Crippen LogP contribution is 2.19. The van der Waals surface area contributed by atoms with E-state index in [4.69, 9.17) is 0 Å². The summed E-state index contributed by atoms with van der Waals surface area (Å²) in [7, 11) is 3.68. The lowest BCUT2D eigenvalue weighted by Crippen LogP contribution is -2.47. The topological polar surface area (TPSA) is 52.6 Å². The summed E-state index contributed by atoms with van der Waals surface area (Å²) in [6.07, 6.45) is 1.64. The number of nitrogens with one attached hydrogen (secondary N) is 1. The molecule has 2 atom stereocenters. The minimum atomic E-state index is -0.120. The van der Waals surface area contributed by atoms with E-state index in [0.29, 0.717) is 0 Å². The Morgan fingerprint density at radius 2 is 2.07 bits per heavy atom. The van der Waals surface area contributed by atoms with Crippen molar-refractivity contribution in [1.29, 1.82) is 0 Å². The summed E-state index contributed by atoms with van der Waals surface area (Å²) in [6, 6.07) is -0.228. The first-order valence-corrected chi connectivity index (χ1v) is 5.36. The first kappa shape index (κ1) is 10.4. The first-order chi connectivity index (χ1) is 7.11. The average molecular weight is 211 g/mol. The maximum atomic E-state index is 11.8. The predicted molar refractivity (Wildman–Crippen MR) is 55.2 cm³/mol. The highest BCUT2D eigenvalue weighted by Gasteiger charge is 2.39. The Hall–Kier alpha value is -1.10. The molecule has 2 aliphatic rings. The summed E-state index contributed by atoms with van der Waals surface area (Å²) in [6.45, 7) is 1.52. The number of carbonyl (C=O) groups is 2. The third kappa shape index (κ3) is 1.71. The van der Waals surface area contributed by atoms with Crippen molar-refractivity contribution in [3.63, 3.8) is 0 Å². The van der Waals surface area contributed by atoms with Crippen LogP contribution in [0.4, 0.5) is 0 Å². The number of likely N-dealkylation sites (N-methyl/N-ethyl adjacent to an activating group) is 2. The molecule has 1 N–H and O–H groups in total. The van der Waals surface area contributed by atoms with Gasteiger partial charge in [0.25, 0.3) is 0 Å². The third-order valence-corrected chi connectivity index (χ3v) is 3.40. The normalized spacial score (nSPS) is 31.5. The van der Waals surface area contributed by atoms with Gasteiger partial charge in [-0.3, -0.25) is 14.5 Å². The van der Waals surface area contributed by atoms with Crippen molar-refractivity contribution in [3.8, 4) is 0 Å². The van der Waals surface area contributed by atoms with Crippen LogP contribution in [0.25, 0.3) is 0 Å². The molecule has 0 aliphatic carbocycles. The Bertz CT molecular complexity index is 292. The first-order valence-electron chi connectivity index (χ1n) is 5.36. The molecule has 2 amide bonds. The van der Waals surface area contributed by atoms with Crippen molar-refractivity contribution in [2.75, 3.05) is 27.2 Å². The van der Waals surface area contributed by atoms with E-state index in [1.807, 2.05) is 19.0 Å². The van der Waals surface area contributed by atoms with E-state index in [0.717, 1.165) is 25.9 Å². The van der Waals surface area contributed by atoms with Gasteiger partial charge in [-0.2, -0.15) is 0 Å². The van der Waals surface area contributed by atoms with Crippen LogP contribution in [-0.2, 0) is 9.59 Å². The van der Waals surface area contributed by atoms with Crippen molar-refractivity contribution >= 4 is 11.8 Å².